The van der Waals surface area contributed by atoms with Crippen molar-refractivity contribution in [3.63, 3.8) is 0 Å². The molecule has 1 fully saturated rings. The summed E-state index contributed by atoms with van der Waals surface area (Å²) >= 11 is 1.51. The van der Waals surface area contributed by atoms with E-state index >= 15 is 0 Å². The number of amides is 2. The average Bonchev–Trinajstić information content (AvgIpc) is 3.29. The van der Waals surface area contributed by atoms with Gasteiger partial charge in [0.2, 0.25) is 0 Å². The smallest absolute Gasteiger partial charge is 0.255 e. The lowest BCUT2D eigenvalue weighted by atomic mass is 10.0. The molecular weight excluding hydrogens is 382 g/mol. The number of likely N-dealkylation sites (tertiary alicyclic amines) is 1. The summed E-state index contributed by atoms with van der Waals surface area (Å²) in [4.78, 5) is 31.7. The first-order valence-electron chi connectivity index (χ1n) is 9.77. The maximum Gasteiger partial charge on any atom is 0.255 e. The van der Waals surface area contributed by atoms with Gasteiger partial charge in [-0.05, 0) is 43.3 Å². The summed E-state index contributed by atoms with van der Waals surface area (Å²) < 4.78 is 0. The van der Waals surface area contributed by atoms with Gasteiger partial charge >= 0.3 is 0 Å². The third-order valence-electron chi connectivity index (χ3n) is 5.29. The van der Waals surface area contributed by atoms with Gasteiger partial charge in [0.15, 0.2) is 0 Å². The fourth-order valence-corrected chi connectivity index (χ4v) is 4.25. The van der Waals surface area contributed by atoms with Crippen LogP contribution in [0, 0.1) is 6.92 Å². The zero-order chi connectivity index (χ0) is 20.2. The summed E-state index contributed by atoms with van der Waals surface area (Å²) in [6.07, 6.45) is 1.52. The molecule has 1 aromatic carbocycles. The highest BCUT2D eigenvalue weighted by molar-refractivity contribution is 7.08. The molecular formula is C23H23N3O2S. The average molecular weight is 406 g/mol. The van der Waals surface area contributed by atoms with Gasteiger partial charge in [-0.25, -0.2) is 0 Å². The van der Waals surface area contributed by atoms with Crippen LogP contribution in [-0.2, 0) is 0 Å². The molecule has 0 bridgehead atoms. The molecule has 148 valence electrons. The Morgan fingerprint density at radius 3 is 2.48 bits per heavy atom. The molecule has 4 rings (SSSR count). The number of nitrogens with one attached hydrogen (secondary N) is 1. The van der Waals surface area contributed by atoms with E-state index in [1.54, 1.807) is 0 Å². The van der Waals surface area contributed by atoms with Crippen LogP contribution in [0.3, 0.4) is 0 Å². The van der Waals surface area contributed by atoms with Gasteiger partial charge < -0.3 is 10.2 Å². The highest BCUT2D eigenvalue weighted by Crippen LogP contribution is 2.21. The maximum atomic E-state index is 13.0. The zero-order valence-corrected chi connectivity index (χ0v) is 17.1. The van der Waals surface area contributed by atoms with E-state index in [2.05, 4.69) is 10.3 Å². The van der Waals surface area contributed by atoms with Crippen molar-refractivity contribution in [2.45, 2.75) is 25.8 Å². The van der Waals surface area contributed by atoms with E-state index in [0.717, 1.165) is 29.8 Å². The van der Waals surface area contributed by atoms with Gasteiger partial charge in [0, 0.05) is 35.6 Å². The van der Waals surface area contributed by atoms with Crippen LogP contribution in [0.2, 0.25) is 0 Å². The van der Waals surface area contributed by atoms with Gasteiger partial charge in [0.1, 0.15) is 0 Å². The highest BCUT2D eigenvalue weighted by Gasteiger charge is 2.26. The molecule has 0 radical (unpaired) electrons. The number of rotatable bonds is 4. The molecule has 1 saturated heterocycles. The van der Waals surface area contributed by atoms with Gasteiger partial charge in [-0.1, -0.05) is 30.3 Å². The number of aryl methyl sites for hydroxylation is 1. The Kier molecular flexibility index (Phi) is 5.71. The summed E-state index contributed by atoms with van der Waals surface area (Å²) in [6.45, 7) is 3.15. The molecule has 0 aliphatic carbocycles. The lowest BCUT2D eigenvalue weighted by Gasteiger charge is -2.32. The molecule has 0 unspecified atom stereocenters. The fraction of sp³-hybridized carbons (Fsp3) is 0.261. The Hall–Kier alpha value is -2.99. The lowest BCUT2D eigenvalue weighted by molar-refractivity contribution is 0.0697. The second kappa shape index (κ2) is 8.57. The minimum atomic E-state index is -0.0347. The number of benzene rings is 1. The molecule has 0 atom stereocenters. The van der Waals surface area contributed by atoms with Gasteiger partial charge in [0.05, 0.1) is 17.0 Å². The predicted octanol–water partition coefficient (Wildman–Crippen LogP) is 4.15. The van der Waals surface area contributed by atoms with Crippen LogP contribution >= 0.6 is 11.3 Å². The number of carbonyl (C=O) groups excluding carboxylic acids is 2. The van der Waals surface area contributed by atoms with Gasteiger partial charge in [-0.15, -0.1) is 0 Å². The summed E-state index contributed by atoms with van der Waals surface area (Å²) in [5.41, 5.74) is 4.00. The van der Waals surface area contributed by atoms with Crippen LogP contribution in [0.5, 0.6) is 0 Å². The first kappa shape index (κ1) is 19.3. The van der Waals surface area contributed by atoms with E-state index in [0.29, 0.717) is 24.2 Å². The predicted molar refractivity (Wildman–Crippen MR) is 115 cm³/mol. The van der Waals surface area contributed by atoms with E-state index < -0.39 is 0 Å². The molecule has 0 spiro atoms. The normalized spacial score (nSPS) is 14.6. The van der Waals surface area contributed by atoms with Crippen LogP contribution < -0.4 is 5.32 Å². The van der Waals surface area contributed by atoms with Crippen LogP contribution in [0.15, 0.2) is 59.3 Å². The minimum absolute atomic E-state index is 0.0113. The Labute approximate surface area is 174 Å². The molecule has 3 heterocycles. The summed E-state index contributed by atoms with van der Waals surface area (Å²) in [5, 5.41) is 6.82. The van der Waals surface area contributed by atoms with Crippen molar-refractivity contribution in [2.24, 2.45) is 0 Å². The van der Waals surface area contributed by atoms with Crippen LogP contribution in [0.4, 0.5) is 0 Å². The number of hydrogen-bond acceptors (Lipinski definition) is 4. The third kappa shape index (κ3) is 4.38. The molecule has 5 nitrogen and oxygen atoms in total. The minimum Gasteiger partial charge on any atom is -0.349 e. The highest BCUT2D eigenvalue weighted by atomic mass is 32.1. The first-order chi connectivity index (χ1) is 14.1. The van der Waals surface area contributed by atoms with Crippen molar-refractivity contribution in [1.29, 1.82) is 0 Å². The Balaban J connectivity index is 1.37. The molecule has 2 aromatic heterocycles. The molecule has 1 aliphatic heterocycles. The molecule has 3 aromatic rings. The lowest BCUT2D eigenvalue weighted by Crippen LogP contribution is -2.46. The van der Waals surface area contributed by atoms with Gasteiger partial charge in [0.25, 0.3) is 11.8 Å². The topological polar surface area (TPSA) is 62.3 Å². The number of thiophene rings is 1. The number of carbonyl (C=O) groups is 2. The van der Waals surface area contributed by atoms with Gasteiger partial charge in [-0.3, -0.25) is 14.6 Å². The summed E-state index contributed by atoms with van der Waals surface area (Å²) in [7, 11) is 0. The van der Waals surface area contributed by atoms with Crippen molar-refractivity contribution in [1.82, 2.24) is 15.2 Å². The van der Waals surface area contributed by atoms with Crippen molar-refractivity contribution in [2.75, 3.05) is 13.1 Å². The van der Waals surface area contributed by atoms with E-state index in [-0.39, 0.29) is 17.9 Å². The van der Waals surface area contributed by atoms with Crippen molar-refractivity contribution >= 4 is 23.2 Å². The Morgan fingerprint density at radius 2 is 1.83 bits per heavy atom. The first-order valence-corrected chi connectivity index (χ1v) is 10.7. The van der Waals surface area contributed by atoms with Crippen molar-refractivity contribution in [3.05, 3.63) is 76.1 Å². The summed E-state index contributed by atoms with van der Waals surface area (Å²) in [6, 6.07) is 15.7. The molecule has 2 amide bonds. The monoisotopic (exact) mass is 405 g/mol. The largest absolute Gasteiger partial charge is 0.349 e. The Morgan fingerprint density at radius 1 is 1.07 bits per heavy atom. The number of aromatic nitrogens is 1. The number of hydrogen-bond donors (Lipinski definition) is 1. The van der Waals surface area contributed by atoms with Crippen molar-refractivity contribution in [3.8, 4) is 11.3 Å². The quantitative estimate of drug-likeness (QED) is 0.709. The standard InChI is InChI=1S/C23H23N3O2S/c1-16-20(7-8-21(24-16)17-5-3-2-4-6-17)23(28)26-12-9-19(10-13-26)25-22(27)18-11-14-29-15-18/h2-8,11,14-15,19H,9-10,12-13H2,1H3,(H,25,27). The van der Waals surface area contributed by atoms with E-state index in [1.165, 1.54) is 11.3 Å². The van der Waals surface area contributed by atoms with Crippen LogP contribution in [0.25, 0.3) is 11.3 Å². The second-order valence-electron chi connectivity index (χ2n) is 7.25. The number of piperidine rings is 1. The third-order valence-corrected chi connectivity index (χ3v) is 5.97. The molecule has 1 N–H and O–H groups in total. The molecule has 0 saturated carbocycles. The van der Waals surface area contributed by atoms with E-state index in [1.807, 2.05) is 71.1 Å². The van der Waals surface area contributed by atoms with Gasteiger partial charge in [-0.2, -0.15) is 11.3 Å². The van der Waals surface area contributed by atoms with Crippen LogP contribution in [-0.4, -0.2) is 40.8 Å². The zero-order valence-electron chi connectivity index (χ0n) is 16.3. The van der Waals surface area contributed by atoms with E-state index in [9.17, 15) is 9.59 Å². The summed E-state index contributed by atoms with van der Waals surface area (Å²) in [5.74, 6) is -0.0233. The molecule has 29 heavy (non-hydrogen) atoms. The fourth-order valence-electron chi connectivity index (χ4n) is 3.62. The second-order valence-corrected chi connectivity index (χ2v) is 8.03. The van der Waals surface area contributed by atoms with Crippen LogP contribution in [0.1, 0.15) is 39.3 Å². The number of pyridine rings is 1. The van der Waals surface area contributed by atoms with E-state index in [4.69, 9.17) is 0 Å². The maximum absolute atomic E-state index is 13.0. The van der Waals surface area contributed by atoms with Crippen molar-refractivity contribution < 1.29 is 9.59 Å². The molecule has 1 aliphatic rings. The molecule has 6 heteroatoms. The number of nitrogens with zero attached hydrogens (tertiary/aromatic N) is 2. The Bertz CT molecular complexity index is 994. The SMILES string of the molecule is Cc1nc(-c2ccccc2)ccc1C(=O)N1CCC(NC(=O)c2ccsc2)CC1.